The number of benzene rings is 4. The lowest BCUT2D eigenvalue weighted by molar-refractivity contribution is -0.402. The van der Waals surface area contributed by atoms with Gasteiger partial charge in [-0.1, -0.05) is 135 Å². The summed E-state index contributed by atoms with van der Waals surface area (Å²) >= 11 is 13.2. The van der Waals surface area contributed by atoms with E-state index in [1.165, 1.54) is 53.0 Å². The van der Waals surface area contributed by atoms with E-state index in [2.05, 4.69) is 74.5 Å². The summed E-state index contributed by atoms with van der Waals surface area (Å²) in [6.07, 6.45) is 16.1. The van der Waals surface area contributed by atoms with E-state index in [0.717, 1.165) is 64.9 Å². The molecule has 1 saturated heterocycles. The number of H-pyrrole nitrogens is 2. The number of fused-ring (bicyclic) bond motifs is 2. The summed E-state index contributed by atoms with van der Waals surface area (Å²) in [4.78, 5) is 98.0. The van der Waals surface area contributed by atoms with Crippen LogP contribution in [0, 0.1) is 34.3 Å². The highest BCUT2D eigenvalue weighted by molar-refractivity contribution is 9.10. The molecule has 0 spiro atoms. The first-order valence-electron chi connectivity index (χ1n) is 26.7. The van der Waals surface area contributed by atoms with Gasteiger partial charge in [-0.2, -0.15) is 10.4 Å². The number of nitrogens with one attached hydrogen (secondary N) is 5. The van der Waals surface area contributed by atoms with Crippen molar-refractivity contribution in [2.24, 2.45) is 10.9 Å². The molecule has 2 atom stereocenters. The van der Waals surface area contributed by atoms with Crippen molar-refractivity contribution < 1.29 is 28.1 Å². The van der Waals surface area contributed by atoms with E-state index in [-0.39, 0.29) is 68.2 Å². The lowest BCUT2D eigenvalue weighted by Gasteiger charge is -2.15. The Labute approximate surface area is 534 Å². The molecule has 1 aliphatic carbocycles. The lowest BCUT2D eigenvalue weighted by Crippen LogP contribution is -2.35. The highest BCUT2D eigenvalue weighted by Crippen LogP contribution is 2.30. The van der Waals surface area contributed by atoms with Gasteiger partial charge in [0, 0.05) is 33.7 Å². The molecule has 5 N–H and O–H groups in total. The number of carbonyl (C=O) groups is 3. The Bertz CT molecular complexity index is 4700. The Morgan fingerprint density at radius 2 is 1.68 bits per heavy atom. The lowest BCUT2D eigenvalue weighted by atomic mass is 9.92. The molecule has 23 nitrogen and oxygen atoms in total. The first-order valence-corrected chi connectivity index (χ1v) is 30.5. The van der Waals surface area contributed by atoms with Gasteiger partial charge in [0.15, 0.2) is 10.9 Å². The number of anilines is 2. The molecule has 13 rings (SSSR count). The van der Waals surface area contributed by atoms with E-state index in [4.69, 9.17) is 20.4 Å². The normalized spacial score (nSPS) is 15.2. The minimum atomic E-state index is -0.702. The molecule has 0 saturated carbocycles. The van der Waals surface area contributed by atoms with Crippen molar-refractivity contribution in [2.45, 2.75) is 24.5 Å². The van der Waals surface area contributed by atoms with Gasteiger partial charge in [0.2, 0.25) is 0 Å². The Kier molecular flexibility index (Phi) is 20.1. The molecule has 450 valence electrons. The Morgan fingerprint density at radius 3 is 2.41 bits per heavy atom. The smallest absolute Gasteiger partial charge is 0.433 e. The predicted octanol–water partition coefficient (Wildman–Crippen LogP) is 11.1. The van der Waals surface area contributed by atoms with Crippen LogP contribution < -0.4 is 38.0 Å². The Hall–Kier alpha value is -10.6. The topological polar surface area (TPSA) is 322 Å². The van der Waals surface area contributed by atoms with Gasteiger partial charge >= 0.3 is 5.88 Å². The number of furan rings is 2. The summed E-state index contributed by atoms with van der Waals surface area (Å²) in [5.41, 5.74) is 13.0. The minimum absolute atomic E-state index is 0.0412. The molecule has 3 aliphatic rings. The maximum atomic E-state index is 12.4. The van der Waals surface area contributed by atoms with Crippen LogP contribution in [-0.2, 0) is 20.8 Å². The first-order chi connectivity index (χ1) is 43.6. The van der Waals surface area contributed by atoms with Crippen LogP contribution in [0.1, 0.15) is 21.9 Å². The average Bonchev–Trinajstić information content (AvgIpc) is 1.92. The van der Waals surface area contributed by atoms with Gasteiger partial charge in [0.05, 0.1) is 69.6 Å². The highest BCUT2D eigenvalue weighted by Gasteiger charge is 2.35. The second kappa shape index (κ2) is 28.9. The third kappa shape index (κ3) is 15.2. The minimum Gasteiger partial charge on any atom is -0.463 e. The number of hydrazine groups is 2. The summed E-state index contributed by atoms with van der Waals surface area (Å²) in [6, 6.07) is 40.0. The number of aromatic amines is 2. The molecule has 1 fully saturated rings. The highest BCUT2D eigenvalue weighted by atomic mass is 79.9. The van der Waals surface area contributed by atoms with Gasteiger partial charge in [-0.05, 0) is 85.3 Å². The van der Waals surface area contributed by atoms with Crippen molar-refractivity contribution in [3.8, 4) is 34.5 Å². The fourth-order valence-corrected chi connectivity index (χ4v) is 11.6. The molecular formula is C62H45BrClN13O10S3. The number of hydrogen-bond donors (Lipinski definition) is 5. The molecule has 2 unspecified atom stereocenters. The molecule has 6 aromatic heterocycles. The summed E-state index contributed by atoms with van der Waals surface area (Å²) in [6.45, 7) is 2.04. The average molecular weight is 1340 g/mol. The van der Waals surface area contributed by atoms with Crippen LogP contribution >= 0.6 is 62.2 Å². The number of aromatic nitrogens is 6. The summed E-state index contributed by atoms with van der Waals surface area (Å²) < 4.78 is 13.8. The van der Waals surface area contributed by atoms with Crippen molar-refractivity contribution >= 4 is 119 Å². The number of halogens is 2. The third-order valence-electron chi connectivity index (χ3n) is 13.0. The van der Waals surface area contributed by atoms with Crippen molar-refractivity contribution in [3.63, 3.8) is 0 Å². The number of nitrogens with zero attached hydrogens (tertiary/aromatic N) is 8. The number of rotatable bonds is 14. The van der Waals surface area contributed by atoms with E-state index in [1.807, 2.05) is 116 Å². The number of thioether (sulfide) groups is 1. The third-order valence-corrected chi connectivity index (χ3v) is 16.8. The van der Waals surface area contributed by atoms with E-state index in [0.29, 0.717) is 17.1 Å². The maximum Gasteiger partial charge on any atom is 0.433 e. The SMILES string of the molecule is Cc1ccc(-n2sc3ccccc3c2=O)cc1.N#Cc1c(-c2ccco2)nc(SCC(=O)Cc2nc(-c3ccccc3)cs2)[nH]c1=O.O=C1NN(c2ccc(Br)cc2)C(=O)/C1=C\c1ccc([N+](=O)[O-])o1.O=c1[nH]ncc(NNC=C2C=NC3C=CC=CC23)c1Cl. The largest absolute Gasteiger partial charge is 0.463 e. The van der Waals surface area contributed by atoms with Crippen molar-refractivity contribution in [1.82, 2.24) is 40.0 Å². The number of thiazole rings is 1. The van der Waals surface area contributed by atoms with Crippen LogP contribution in [0.5, 0.6) is 0 Å². The molecule has 0 bridgehead atoms. The zero-order valence-corrected chi connectivity index (χ0v) is 51.4. The number of allylic oxidation sites excluding steroid dienone is 2. The van der Waals surface area contributed by atoms with Crippen LogP contribution in [0.2, 0.25) is 5.02 Å². The molecular weight excluding hydrogens is 1300 g/mol. The summed E-state index contributed by atoms with van der Waals surface area (Å²) in [5.74, 6) is -0.953. The number of aliphatic imine (C=N–C) groups is 1. The number of Topliss-reactive ketones (excluding diaryl/α,β-unsaturated/α-hetero) is 1. The maximum absolute atomic E-state index is 12.4. The van der Waals surface area contributed by atoms with Gasteiger partial charge in [0.1, 0.15) is 49.4 Å². The summed E-state index contributed by atoms with van der Waals surface area (Å²) in [5, 5.41) is 30.6. The van der Waals surface area contributed by atoms with E-state index < -0.39 is 33.7 Å². The van der Waals surface area contributed by atoms with Crippen LogP contribution in [0.3, 0.4) is 0 Å². The van der Waals surface area contributed by atoms with Gasteiger partial charge in [-0.3, -0.25) is 54.7 Å². The van der Waals surface area contributed by atoms with Crippen LogP contribution in [0.25, 0.3) is 44.6 Å². The molecule has 90 heavy (non-hydrogen) atoms. The number of carbonyl (C=O) groups excluding carboxylic acids is 3. The number of hydrogen-bond acceptors (Lipinski definition) is 20. The van der Waals surface area contributed by atoms with E-state index in [1.54, 1.807) is 46.6 Å². The van der Waals surface area contributed by atoms with E-state index >= 15 is 0 Å². The van der Waals surface area contributed by atoms with Gasteiger partial charge in [-0.25, -0.2) is 24.0 Å². The van der Waals surface area contributed by atoms with Crippen molar-refractivity contribution in [1.29, 1.82) is 5.26 Å². The zero-order valence-electron chi connectivity index (χ0n) is 46.6. The van der Waals surface area contributed by atoms with Crippen LogP contribution in [0.4, 0.5) is 17.3 Å². The number of nitriles is 1. The number of amides is 2. The first kappa shape index (κ1) is 62.4. The number of aryl methyl sites for hydroxylation is 1. The fourth-order valence-electron chi connectivity index (χ4n) is 8.64. The monoisotopic (exact) mass is 1340 g/mol. The molecule has 8 heterocycles. The van der Waals surface area contributed by atoms with Crippen LogP contribution in [-0.4, -0.2) is 69.6 Å². The predicted molar refractivity (Wildman–Crippen MR) is 348 cm³/mol. The van der Waals surface area contributed by atoms with E-state index in [9.17, 15) is 44.1 Å². The van der Waals surface area contributed by atoms with Gasteiger partial charge in [0.25, 0.3) is 28.5 Å². The Balaban J connectivity index is 0.000000135. The van der Waals surface area contributed by atoms with Gasteiger partial charge < -0.3 is 19.2 Å². The second-order valence-electron chi connectivity index (χ2n) is 19.2. The summed E-state index contributed by atoms with van der Waals surface area (Å²) in [7, 11) is 0. The van der Waals surface area contributed by atoms with Crippen molar-refractivity contribution in [2.75, 3.05) is 16.2 Å². The van der Waals surface area contributed by atoms with Crippen molar-refractivity contribution in [3.05, 3.63) is 259 Å². The molecule has 4 aromatic carbocycles. The second-order valence-corrected chi connectivity index (χ2v) is 23.3. The fraction of sp³-hybridized carbons (Fsp3) is 0.0806. The van der Waals surface area contributed by atoms with Crippen LogP contribution in [0.15, 0.2) is 225 Å². The molecule has 10 aromatic rings. The quantitative estimate of drug-likeness (QED) is 0.0169. The molecule has 2 amide bonds. The number of nitro groups is 1. The van der Waals surface area contributed by atoms with Gasteiger partial charge in [-0.15, -0.1) is 11.3 Å². The number of ketones is 1. The molecule has 0 radical (unpaired) electrons. The standard InChI is InChI=1S/C21H14N4O3S2.C14H8BrN3O5.C14H11NOS.C13H12ClN5O/c22-10-15-19(17-7-4-8-28-17)24-21(25-20(15)27)30-11-14(26)9-18-23-16(12-29-18)13-5-2-1-3-6-13;15-8-1-3-9(4-2-8)17-14(20)11(13(19)16-17)7-10-5-6-12(23-10)18(21)22;1-10-6-8-11(9-7-10)15-14(16)12-4-2-3-5-13(12)17-15;14-12-11(7-17-19-13(12)20)18-16-6-8-5-15-10-4-2-1-3-9(8)10/h1-8,12H,9,11H2,(H,24,25,27);1-7H,(H,16,19);2-9H,1H3;1-7,9-10,16H,(H2,18,19,20)/b;11-7-;;. The Morgan fingerprint density at radius 1 is 0.922 bits per heavy atom. The zero-order chi connectivity index (χ0) is 63.3. The molecule has 28 heteroatoms. The molecule has 2 aliphatic heterocycles.